The van der Waals surface area contributed by atoms with Crippen LogP contribution in [-0.2, 0) is 0 Å². The first-order valence-electron chi connectivity index (χ1n) is 3.21. The van der Waals surface area contributed by atoms with Gasteiger partial charge in [0.1, 0.15) is 0 Å². The Morgan fingerprint density at radius 3 is 2.33 bits per heavy atom. The third kappa shape index (κ3) is 3.27. The van der Waals surface area contributed by atoms with Gasteiger partial charge in [0.05, 0.1) is 12.2 Å². The topological polar surface area (TPSA) is 40.5 Å². The minimum absolute atomic E-state index is 0.589. The number of hydrogen-bond donors (Lipinski definition) is 2. The minimum atomic E-state index is -0.694. The Hall–Kier alpha value is -0.340. The lowest BCUT2D eigenvalue weighted by atomic mass is 10.1. The quantitative estimate of drug-likeness (QED) is 0.552. The number of aliphatic hydroxyl groups is 2. The average molecular weight is 130 g/mol. The van der Waals surface area contributed by atoms with Gasteiger partial charge in [-0.05, 0) is 13.3 Å². The van der Waals surface area contributed by atoms with Gasteiger partial charge >= 0.3 is 0 Å². The lowest BCUT2D eigenvalue weighted by molar-refractivity contribution is 0.0465. The lowest BCUT2D eigenvalue weighted by Crippen LogP contribution is -2.22. The van der Waals surface area contributed by atoms with Crippen LogP contribution in [0.25, 0.3) is 0 Å². The fourth-order valence-corrected chi connectivity index (χ4v) is 0.567. The largest absolute Gasteiger partial charge is 0.390 e. The second-order valence-electron chi connectivity index (χ2n) is 1.99. The molecule has 0 aliphatic carbocycles. The molecule has 0 unspecified atom stereocenters. The van der Waals surface area contributed by atoms with Crippen molar-refractivity contribution in [2.45, 2.75) is 32.5 Å². The van der Waals surface area contributed by atoms with Crippen molar-refractivity contribution in [1.29, 1.82) is 0 Å². The molecule has 9 heavy (non-hydrogen) atoms. The summed E-state index contributed by atoms with van der Waals surface area (Å²) < 4.78 is 0. The van der Waals surface area contributed by atoms with Crippen LogP contribution in [0.5, 0.6) is 0 Å². The Morgan fingerprint density at radius 1 is 1.44 bits per heavy atom. The maximum atomic E-state index is 8.98. The molecule has 2 heteroatoms. The van der Waals surface area contributed by atoms with Gasteiger partial charge in [-0.3, -0.25) is 0 Å². The minimum Gasteiger partial charge on any atom is -0.390 e. The van der Waals surface area contributed by atoms with Crippen LogP contribution in [0.4, 0.5) is 0 Å². The molecular weight excluding hydrogens is 116 g/mol. The molecule has 0 heterocycles. The molecule has 0 bridgehead atoms. The zero-order valence-corrected chi connectivity index (χ0v) is 5.91. The van der Waals surface area contributed by atoms with Gasteiger partial charge in [0, 0.05) is 0 Å². The maximum absolute atomic E-state index is 8.98. The van der Waals surface area contributed by atoms with Crippen LogP contribution in [0, 0.1) is 0 Å². The van der Waals surface area contributed by atoms with E-state index in [1.54, 1.807) is 12.2 Å². The number of rotatable bonds is 3. The van der Waals surface area contributed by atoms with Gasteiger partial charge in [-0.25, -0.2) is 0 Å². The van der Waals surface area contributed by atoms with E-state index in [-0.39, 0.29) is 0 Å². The summed E-state index contributed by atoms with van der Waals surface area (Å²) in [5.74, 6) is 0. The van der Waals surface area contributed by atoms with Gasteiger partial charge < -0.3 is 10.2 Å². The predicted molar refractivity (Wildman–Crippen MR) is 37.1 cm³/mol. The molecule has 0 rings (SSSR count). The summed E-state index contributed by atoms with van der Waals surface area (Å²) in [4.78, 5) is 0. The molecule has 0 saturated carbocycles. The van der Waals surface area contributed by atoms with Crippen molar-refractivity contribution in [3.05, 3.63) is 12.2 Å². The van der Waals surface area contributed by atoms with E-state index >= 15 is 0 Å². The van der Waals surface area contributed by atoms with E-state index in [2.05, 4.69) is 0 Å². The van der Waals surface area contributed by atoms with Crippen LogP contribution < -0.4 is 0 Å². The Labute approximate surface area is 55.8 Å². The van der Waals surface area contributed by atoms with Crippen LogP contribution in [0.1, 0.15) is 20.3 Å². The first kappa shape index (κ1) is 8.66. The highest BCUT2D eigenvalue weighted by atomic mass is 16.3. The molecular formula is C7H14O2. The van der Waals surface area contributed by atoms with Crippen molar-refractivity contribution in [2.75, 3.05) is 0 Å². The van der Waals surface area contributed by atoms with E-state index in [4.69, 9.17) is 10.2 Å². The summed E-state index contributed by atoms with van der Waals surface area (Å²) >= 11 is 0. The summed E-state index contributed by atoms with van der Waals surface area (Å²) in [7, 11) is 0. The van der Waals surface area contributed by atoms with Gasteiger partial charge in [-0.1, -0.05) is 19.1 Å². The van der Waals surface area contributed by atoms with E-state index in [1.165, 1.54) is 0 Å². The number of allylic oxidation sites excluding steroid dienone is 1. The van der Waals surface area contributed by atoms with Crippen molar-refractivity contribution in [3.8, 4) is 0 Å². The zero-order valence-electron chi connectivity index (χ0n) is 5.91. The fraction of sp³-hybridized carbons (Fsp3) is 0.714. The summed E-state index contributed by atoms with van der Waals surface area (Å²) in [6, 6.07) is 0. The fourth-order valence-electron chi connectivity index (χ4n) is 0.567. The molecule has 2 atom stereocenters. The predicted octanol–water partition coefficient (Wildman–Crippen LogP) is 0.694. The van der Waals surface area contributed by atoms with Gasteiger partial charge in [-0.15, -0.1) is 0 Å². The van der Waals surface area contributed by atoms with Crippen LogP contribution in [0.2, 0.25) is 0 Å². The lowest BCUT2D eigenvalue weighted by Gasteiger charge is -2.10. The normalized spacial score (nSPS) is 18.2. The first-order chi connectivity index (χ1) is 4.22. The van der Waals surface area contributed by atoms with Crippen molar-refractivity contribution in [3.63, 3.8) is 0 Å². The van der Waals surface area contributed by atoms with Crippen molar-refractivity contribution in [1.82, 2.24) is 0 Å². The van der Waals surface area contributed by atoms with E-state index in [9.17, 15) is 0 Å². The van der Waals surface area contributed by atoms with Gasteiger partial charge in [-0.2, -0.15) is 0 Å². The second-order valence-corrected chi connectivity index (χ2v) is 1.99. The summed E-state index contributed by atoms with van der Waals surface area (Å²) in [6.45, 7) is 3.64. The molecule has 0 aliphatic heterocycles. The monoisotopic (exact) mass is 130 g/mol. The van der Waals surface area contributed by atoms with E-state index in [0.717, 1.165) is 0 Å². The third-order valence-electron chi connectivity index (χ3n) is 1.20. The molecule has 0 radical (unpaired) electrons. The van der Waals surface area contributed by atoms with Crippen LogP contribution in [-0.4, -0.2) is 22.4 Å². The molecule has 0 aliphatic rings. The number of aliphatic hydroxyl groups excluding tert-OH is 2. The smallest absolute Gasteiger partial charge is 0.0979 e. The van der Waals surface area contributed by atoms with Crippen LogP contribution >= 0.6 is 0 Å². The molecule has 2 nitrogen and oxygen atoms in total. The highest BCUT2D eigenvalue weighted by molar-refractivity contribution is 4.89. The van der Waals surface area contributed by atoms with Gasteiger partial charge in [0.15, 0.2) is 0 Å². The van der Waals surface area contributed by atoms with Crippen molar-refractivity contribution in [2.24, 2.45) is 0 Å². The number of hydrogen-bond acceptors (Lipinski definition) is 2. The van der Waals surface area contributed by atoms with Gasteiger partial charge in [0.25, 0.3) is 0 Å². The van der Waals surface area contributed by atoms with Crippen molar-refractivity contribution >= 4 is 0 Å². The van der Waals surface area contributed by atoms with Crippen LogP contribution in [0.15, 0.2) is 12.2 Å². The summed E-state index contributed by atoms with van der Waals surface area (Å²) in [6.07, 6.45) is 2.59. The Morgan fingerprint density at radius 2 is 2.00 bits per heavy atom. The first-order valence-corrected chi connectivity index (χ1v) is 3.21. The molecule has 0 amide bonds. The molecule has 0 aromatic heterocycles. The highest BCUT2D eigenvalue weighted by Gasteiger charge is 2.08. The maximum Gasteiger partial charge on any atom is 0.0979 e. The Kier molecular flexibility index (Phi) is 4.36. The molecule has 0 aromatic carbocycles. The van der Waals surface area contributed by atoms with E-state index in [0.29, 0.717) is 6.42 Å². The van der Waals surface area contributed by atoms with Gasteiger partial charge in [0.2, 0.25) is 0 Å². The molecule has 0 spiro atoms. The molecule has 0 aromatic rings. The second kappa shape index (κ2) is 4.53. The third-order valence-corrected chi connectivity index (χ3v) is 1.20. The highest BCUT2D eigenvalue weighted by Crippen LogP contribution is 1.98. The zero-order chi connectivity index (χ0) is 7.28. The molecule has 0 fully saturated rings. The van der Waals surface area contributed by atoms with E-state index < -0.39 is 12.2 Å². The Balaban J connectivity index is 3.58. The van der Waals surface area contributed by atoms with E-state index in [1.807, 2.05) is 13.8 Å². The Bertz CT molecular complexity index is 88.9. The molecule has 2 N–H and O–H groups in total. The summed E-state index contributed by atoms with van der Waals surface area (Å²) in [5.41, 5.74) is 0. The van der Waals surface area contributed by atoms with Crippen molar-refractivity contribution < 1.29 is 10.2 Å². The standard InChI is InChI=1S/C7H14O2/c1-3-5-7(9)6(8)4-2/h3,5-9H,4H2,1-2H3/b5-3+/t6-,7-/m0/s1. The van der Waals surface area contributed by atoms with Crippen LogP contribution in [0.3, 0.4) is 0 Å². The average Bonchev–Trinajstić information content (AvgIpc) is 1.87. The SMILES string of the molecule is C/C=C/[C@H](O)[C@@H](O)CC. The molecule has 0 saturated heterocycles. The summed E-state index contributed by atoms with van der Waals surface area (Å²) in [5, 5.41) is 17.9. The molecule has 54 valence electrons.